The zero-order valence-corrected chi connectivity index (χ0v) is 17.1. The molecule has 1 N–H and O–H groups in total. The van der Waals surface area contributed by atoms with Crippen LogP contribution >= 0.6 is 0 Å². The summed E-state index contributed by atoms with van der Waals surface area (Å²) in [6, 6.07) is 8.61. The number of rotatable bonds is 8. The van der Waals surface area contributed by atoms with Crippen LogP contribution in [0.15, 0.2) is 59.3 Å². The highest BCUT2D eigenvalue weighted by Crippen LogP contribution is 2.43. The zero-order valence-electron chi connectivity index (χ0n) is 16.3. The number of allylic oxidation sites excluding steroid dienone is 2. The molecule has 2 aromatic rings. The van der Waals surface area contributed by atoms with E-state index in [-0.39, 0.29) is 6.04 Å². The van der Waals surface area contributed by atoms with E-state index in [9.17, 15) is 9.32 Å². The molecule has 150 valence electrons. The molecule has 4 rings (SSSR count). The van der Waals surface area contributed by atoms with Crippen LogP contribution in [0.4, 0.5) is 5.69 Å². The van der Waals surface area contributed by atoms with Crippen LogP contribution < -0.4 is 4.90 Å². The summed E-state index contributed by atoms with van der Waals surface area (Å²) in [5.41, 5.74) is 2.47. The Bertz CT molecular complexity index is 888. The number of benzene rings is 1. The molecule has 0 bridgehead atoms. The average Bonchev–Trinajstić information content (AvgIpc) is 2.99. The summed E-state index contributed by atoms with van der Waals surface area (Å²) in [4.78, 5) is 2.27. The predicted molar refractivity (Wildman–Crippen MR) is 111 cm³/mol. The number of aliphatic hydroxyl groups is 1. The molecule has 2 heterocycles. The SMILES string of the molecule is CCS(=O)N(Cc1cn(C)o1)CC(O)CN1c2ccccc2C2C=CC=CC21. The van der Waals surface area contributed by atoms with Crippen molar-refractivity contribution < 1.29 is 13.8 Å². The third kappa shape index (κ3) is 3.74. The number of β-amino-alcohol motifs (C(OH)–C–C–N with tert-alkyl or cyclic N) is 1. The van der Waals surface area contributed by atoms with Gasteiger partial charge in [0.1, 0.15) is 0 Å². The lowest BCUT2D eigenvalue weighted by Crippen LogP contribution is -2.44. The Morgan fingerprint density at radius 1 is 1.29 bits per heavy atom. The first-order chi connectivity index (χ1) is 13.6. The van der Waals surface area contributed by atoms with E-state index in [4.69, 9.17) is 4.52 Å². The number of fused-ring (bicyclic) bond motifs is 3. The third-order valence-corrected chi connectivity index (χ3v) is 6.70. The molecule has 0 saturated heterocycles. The van der Waals surface area contributed by atoms with Crippen LogP contribution in [0, 0.1) is 0 Å². The second-order valence-electron chi connectivity index (χ2n) is 7.32. The van der Waals surface area contributed by atoms with Gasteiger partial charge in [-0.25, -0.2) is 13.3 Å². The summed E-state index contributed by atoms with van der Waals surface area (Å²) >= 11 is 0. The summed E-state index contributed by atoms with van der Waals surface area (Å²) in [6.45, 7) is 3.15. The first kappa shape index (κ1) is 19.2. The normalized spacial score (nSPS) is 22.5. The molecule has 6 nitrogen and oxygen atoms in total. The Labute approximate surface area is 168 Å². The van der Waals surface area contributed by atoms with Crippen molar-refractivity contribution in [2.75, 3.05) is 23.7 Å². The van der Waals surface area contributed by atoms with Gasteiger partial charge in [0.15, 0.2) is 5.76 Å². The summed E-state index contributed by atoms with van der Waals surface area (Å²) in [6.07, 6.45) is 9.83. The van der Waals surface area contributed by atoms with Crippen molar-refractivity contribution in [3.05, 3.63) is 66.1 Å². The van der Waals surface area contributed by atoms with E-state index in [1.54, 1.807) is 9.05 Å². The van der Waals surface area contributed by atoms with Crippen LogP contribution in [0.5, 0.6) is 0 Å². The average molecular weight is 402 g/mol. The molecule has 0 spiro atoms. The topological polar surface area (TPSA) is 61.9 Å². The number of hydrogen-bond acceptors (Lipinski definition) is 4. The van der Waals surface area contributed by atoms with Crippen molar-refractivity contribution >= 4 is 16.7 Å². The highest BCUT2D eigenvalue weighted by molar-refractivity contribution is 7.82. The van der Waals surface area contributed by atoms with Gasteiger partial charge in [-0.05, 0) is 11.6 Å². The largest absolute Gasteiger partial charge is 0.390 e. The van der Waals surface area contributed by atoms with Crippen molar-refractivity contribution in [1.82, 2.24) is 9.05 Å². The zero-order chi connectivity index (χ0) is 19.7. The second kappa shape index (κ2) is 8.11. The Kier molecular flexibility index (Phi) is 5.57. The van der Waals surface area contributed by atoms with Crippen molar-refractivity contribution in [1.29, 1.82) is 0 Å². The maximum absolute atomic E-state index is 12.5. The van der Waals surface area contributed by atoms with Crippen LogP contribution in [0.25, 0.3) is 0 Å². The van der Waals surface area contributed by atoms with Gasteiger partial charge < -0.3 is 14.5 Å². The van der Waals surface area contributed by atoms with Gasteiger partial charge in [0.05, 0.1) is 35.9 Å². The number of para-hydroxylation sites is 1. The molecule has 1 aliphatic heterocycles. The number of anilines is 1. The molecule has 1 aromatic heterocycles. The van der Waals surface area contributed by atoms with E-state index in [2.05, 4.69) is 47.4 Å². The number of hydrogen-bond donors (Lipinski definition) is 1. The van der Waals surface area contributed by atoms with Crippen LogP contribution in [0.2, 0.25) is 0 Å². The lowest BCUT2D eigenvalue weighted by molar-refractivity contribution is 0.137. The van der Waals surface area contributed by atoms with Crippen LogP contribution in [-0.4, -0.2) is 49.3 Å². The maximum atomic E-state index is 12.5. The van der Waals surface area contributed by atoms with E-state index in [0.29, 0.717) is 31.3 Å². The lowest BCUT2D eigenvalue weighted by Gasteiger charge is -2.32. The Morgan fingerprint density at radius 2 is 2.04 bits per heavy atom. The fourth-order valence-corrected chi connectivity index (χ4v) is 5.12. The molecule has 0 amide bonds. The minimum absolute atomic E-state index is 0.216. The molecular formula is C21H27N3O3S. The quantitative estimate of drug-likeness (QED) is 0.739. The second-order valence-corrected chi connectivity index (χ2v) is 9.05. The molecule has 28 heavy (non-hydrogen) atoms. The van der Waals surface area contributed by atoms with Gasteiger partial charge in [0.25, 0.3) is 0 Å². The first-order valence-electron chi connectivity index (χ1n) is 9.70. The molecule has 4 unspecified atom stereocenters. The summed E-state index contributed by atoms with van der Waals surface area (Å²) in [7, 11) is 0.662. The summed E-state index contributed by atoms with van der Waals surface area (Å²) in [5, 5.41) is 10.9. The van der Waals surface area contributed by atoms with E-state index < -0.39 is 17.1 Å². The van der Waals surface area contributed by atoms with Gasteiger partial charge in [-0.15, -0.1) is 0 Å². The highest BCUT2D eigenvalue weighted by Gasteiger charge is 2.37. The smallest absolute Gasteiger partial charge is 0.166 e. The highest BCUT2D eigenvalue weighted by atomic mass is 32.2. The Hall–Kier alpha value is -2.09. The summed E-state index contributed by atoms with van der Waals surface area (Å²) in [5.74, 6) is 1.60. The van der Waals surface area contributed by atoms with Crippen LogP contribution in [0.3, 0.4) is 0 Å². The predicted octanol–water partition coefficient (Wildman–Crippen LogP) is 2.56. The molecule has 4 atom stereocenters. The minimum atomic E-state index is -1.15. The first-order valence-corrected chi connectivity index (χ1v) is 11.0. The lowest BCUT2D eigenvalue weighted by atomic mass is 9.91. The van der Waals surface area contributed by atoms with Gasteiger partial charge >= 0.3 is 0 Å². The monoisotopic (exact) mass is 401 g/mol. The molecule has 0 saturated carbocycles. The van der Waals surface area contributed by atoms with Crippen molar-refractivity contribution in [2.45, 2.75) is 31.5 Å². The van der Waals surface area contributed by atoms with E-state index in [1.807, 2.05) is 26.2 Å². The molecule has 1 aromatic carbocycles. The molecule has 1 aliphatic carbocycles. The number of aryl methyl sites for hydroxylation is 1. The molecule has 0 radical (unpaired) electrons. The number of aromatic nitrogens is 1. The van der Waals surface area contributed by atoms with Gasteiger partial charge in [-0.1, -0.05) is 49.4 Å². The fourth-order valence-electron chi connectivity index (χ4n) is 4.15. The third-order valence-electron chi connectivity index (χ3n) is 5.35. The number of aliphatic hydroxyl groups excluding tert-OH is 1. The van der Waals surface area contributed by atoms with Crippen molar-refractivity contribution in [2.24, 2.45) is 7.05 Å². The molecule has 7 heteroatoms. The molecule has 0 fully saturated rings. The summed E-state index contributed by atoms with van der Waals surface area (Å²) < 4.78 is 21.3. The van der Waals surface area contributed by atoms with Gasteiger partial charge in [-0.2, -0.15) is 0 Å². The Morgan fingerprint density at radius 3 is 2.79 bits per heavy atom. The van der Waals surface area contributed by atoms with Crippen LogP contribution in [-0.2, 0) is 24.6 Å². The van der Waals surface area contributed by atoms with Gasteiger partial charge in [-0.3, -0.25) is 0 Å². The van der Waals surface area contributed by atoms with E-state index in [1.165, 1.54) is 11.3 Å². The fraction of sp³-hybridized carbons (Fsp3) is 0.429. The Balaban J connectivity index is 1.47. The van der Waals surface area contributed by atoms with Crippen LogP contribution in [0.1, 0.15) is 24.2 Å². The molecule has 2 aliphatic rings. The number of nitrogens with zero attached hydrogens (tertiary/aromatic N) is 3. The maximum Gasteiger partial charge on any atom is 0.166 e. The molecular weight excluding hydrogens is 374 g/mol. The van der Waals surface area contributed by atoms with Gasteiger partial charge in [0, 0.05) is 37.5 Å². The van der Waals surface area contributed by atoms with Crippen molar-refractivity contribution in [3.8, 4) is 0 Å². The standard InChI is InChI=1S/C21H27N3O3S/c1-3-28(26)23(15-17-14-22(2)27-17)12-16(25)13-24-20-10-6-4-8-18(20)19-9-5-7-11-21(19)24/h4-11,14,16,18,20,25H,3,12-13,15H2,1-2H3. The minimum Gasteiger partial charge on any atom is -0.390 e. The van der Waals surface area contributed by atoms with E-state index >= 15 is 0 Å². The van der Waals surface area contributed by atoms with Gasteiger partial charge in [0.2, 0.25) is 0 Å². The van der Waals surface area contributed by atoms with E-state index in [0.717, 1.165) is 5.76 Å². The van der Waals surface area contributed by atoms with Crippen molar-refractivity contribution in [3.63, 3.8) is 0 Å².